The summed E-state index contributed by atoms with van der Waals surface area (Å²) in [7, 11) is 0. The van der Waals surface area contributed by atoms with Crippen LogP contribution in [-0.4, -0.2) is 6.54 Å². The normalized spacial score (nSPS) is 11.5. The Morgan fingerprint density at radius 1 is 1.36 bits per heavy atom. The van der Waals surface area contributed by atoms with Gasteiger partial charge in [0.2, 0.25) is 0 Å². The molecule has 0 spiro atoms. The van der Waals surface area contributed by atoms with Gasteiger partial charge in [-0.2, -0.15) is 0 Å². The van der Waals surface area contributed by atoms with Crippen molar-refractivity contribution in [3.63, 3.8) is 0 Å². The van der Waals surface area contributed by atoms with Crippen LogP contribution in [0.25, 0.3) is 0 Å². The molecule has 0 aliphatic heterocycles. The van der Waals surface area contributed by atoms with Gasteiger partial charge >= 0.3 is 0 Å². The van der Waals surface area contributed by atoms with Crippen LogP contribution < -0.4 is 5.32 Å². The molecule has 0 unspecified atom stereocenters. The maximum Gasteiger partial charge on any atom is 0.0477 e. The Kier molecular flexibility index (Phi) is 4.07. The Bertz CT molecular complexity index is 318. The fraction of sp³-hybridized carbons (Fsp3) is 0.455. The molecule has 0 fully saturated rings. The summed E-state index contributed by atoms with van der Waals surface area (Å²) in [4.78, 5) is 0. The second kappa shape index (κ2) is 4.71. The summed E-state index contributed by atoms with van der Waals surface area (Å²) in [5.41, 5.74) is 1.45. The molecule has 0 atom stereocenters. The van der Waals surface area contributed by atoms with Gasteiger partial charge < -0.3 is 5.32 Å². The molecule has 1 nitrogen and oxygen atoms in total. The number of benzene rings is 1. The molecule has 0 aliphatic carbocycles. The van der Waals surface area contributed by atoms with Crippen LogP contribution in [0, 0.1) is 8.99 Å². The van der Waals surface area contributed by atoms with Gasteiger partial charge in [0.25, 0.3) is 0 Å². The van der Waals surface area contributed by atoms with Crippen LogP contribution in [0.1, 0.15) is 20.8 Å². The number of halogens is 2. The van der Waals surface area contributed by atoms with Crippen molar-refractivity contribution in [1.82, 2.24) is 0 Å². The van der Waals surface area contributed by atoms with Crippen LogP contribution in [0.4, 0.5) is 5.69 Å². The molecular weight excluding hydrogens is 308 g/mol. The van der Waals surface area contributed by atoms with E-state index < -0.39 is 0 Å². The van der Waals surface area contributed by atoms with Crippen LogP contribution in [0.2, 0.25) is 5.02 Å². The van der Waals surface area contributed by atoms with E-state index in [1.54, 1.807) is 0 Å². The zero-order valence-corrected chi connectivity index (χ0v) is 11.6. The third-order valence-corrected chi connectivity index (χ3v) is 2.87. The first kappa shape index (κ1) is 12.1. The summed E-state index contributed by atoms with van der Waals surface area (Å²) in [5, 5.41) is 4.20. The summed E-state index contributed by atoms with van der Waals surface area (Å²) >= 11 is 8.17. The van der Waals surface area contributed by atoms with E-state index in [1.165, 1.54) is 3.57 Å². The number of hydrogen-bond acceptors (Lipinski definition) is 1. The van der Waals surface area contributed by atoms with Gasteiger partial charge in [-0.3, -0.25) is 0 Å². The number of anilines is 1. The third kappa shape index (κ3) is 4.05. The Morgan fingerprint density at radius 3 is 2.50 bits per heavy atom. The highest BCUT2D eigenvalue weighted by Crippen LogP contribution is 2.23. The van der Waals surface area contributed by atoms with E-state index in [4.69, 9.17) is 11.6 Å². The van der Waals surface area contributed by atoms with Crippen molar-refractivity contribution in [3.8, 4) is 0 Å². The van der Waals surface area contributed by atoms with Crippen molar-refractivity contribution in [2.24, 2.45) is 5.41 Å². The average Bonchev–Trinajstić information content (AvgIpc) is 2.00. The number of hydrogen-bond donors (Lipinski definition) is 1. The molecule has 0 amide bonds. The van der Waals surface area contributed by atoms with Crippen LogP contribution in [-0.2, 0) is 0 Å². The topological polar surface area (TPSA) is 12.0 Å². The molecule has 0 aromatic heterocycles. The molecule has 1 aromatic carbocycles. The quantitative estimate of drug-likeness (QED) is 0.795. The highest BCUT2D eigenvalue weighted by molar-refractivity contribution is 14.1. The second-order valence-corrected chi connectivity index (χ2v) is 6.14. The van der Waals surface area contributed by atoms with Crippen LogP contribution in [0.15, 0.2) is 18.2 Å². The first-order chi connectivity index (χ1) is 6.38. The van der Waals surface area contributed by atoms with Crippen molar-refractivity contribution in [2.75, 3.05) is 11.9 Å². The van der Waals surface area contributed by atoms with E-state index in [1.807, 2.05) is 18.2 Å². The van der Waals surface area contributed by atoms with Gasteiger partial charge in [-0.25, -0.2) is 0 Å². The molecule has 1 rings (SSSR count). The standard InChI is InChI=1S/C11H15ClIN/c1-11(2,3)7-14-10-5-4-8(12)6-9(10)13/h4-6,14H,7H2,1-3H3. The van der Waals surface area contributed by atoms with E-state index in [2.05, 4.69) is 48.7 Å². The van der Waals surface area contributed by atoms with Gasteiger partial charge in [0, 0.05) is 20.8 Å². The van der Waals surface area contributed by atoms with E-state index in [9.17, 15) is 0 Å². The predicted molar refractivity (Wildman–Crippen MR) is 72.1 cm³/mol. The summed E-state index contributed by atoms with van der Waals surface area (Å²) in [6, 6.07) is 5.90. The largest absolute Gasteiger partial charge is 0.384 e. The monoisotopic (exact) mass is 323 g/mol. The van der Waals surface area contributed by atoms with Gasteiger partial charge in [-0.1, -0.05) is 32.4 Å². The zero-order chi connectivity index (χ0) is 10.8. The molecule has 0 bridgehead atoms. The summed E-state index contributed by atoms with van der Waals surface area (Å²) in [6.45, 7) is 7.60. The van der Waals surface area contributed by atoms with Crippen LogP contribution in [0.3, 0.4) is 0 Å². The molecule has 0 saturated heterocycles. The molecule has 78 valence electrons. The Morgan fingerprint density at radius 2 is 2.00 bits per heavy atom. The summed E-state index contributed by atoms with van der Waals surface area (Å²) in [5.74, 6) is 0. The van der Waals surface area contributed by atoms with E-state index in [0.29, 0.717) is 5.41 Å². The highest BCUT2D eigenvalue weighted by Gasteiger charge is 2.10. The lowest BCUT2D eigenvalue weighted by Crippen LogP contribution is -2.19. The zero-order valence-electron chi connectivity index (χ0n) is 8.70. The molecule has 0 saturated carbocycles. The lowest BCUT2D eigenvalue weighted by Gasteiger charge is -2.20. The van der Waals surface area contributed by atoms with Crippen molar-refractivity contribution in [3.05, 3.63) is 26.8 Å². The molecule has 0 heterocycles. The molecule has 14 heavy (non-hydrogen) atoms. The van der Waals surface area contributed by atoms with Gasteiger partial charge in [-0.15, -0.1) is 0 Å². The molecule has 0 radical (unpaired) electrons. The second-order valence-electron chi connectivity index (χ2n) is 4.54. The highest BCUT2D eigenvalue weighted by atomic mass is 127. The van der Waals surface area contributed by atoms with E-state index >= 15 is 0 Å². The minimum Gasteiger partial charge on any atom is -0.384 e. The maximum absolute atomic E-state index is 5.87. The molecule has 1 N–H and O–H groups in total. The van der Waals surface area contributed by atoms with Crippen molar-refractivity contribution in [2.45, 2.75) is 20.8 Å². The smallest absolute Gasteiger partial charge is 0.0477 e. The van der Waals surface area contributed by atoms with Crippen molar-refractivity contribution < 1.29 is 0 Å². The Labute approximate surface area is 104 Å². The van der Waals surface area contributed by atoms with E-state index in [-0.39, 0.29) is 0 Å². The molecular formula is C11H15ClIN. The van der Waals surface area contributed by atoms with E-state index in [0.717, 1.165) is 17.3 Å². The summed E-state index contributed by atoms with van der Waals surface area (Å²) in [6.07, 6.45) is 0. The lowest BCUT2D eigenvalue weighted by molar-refractivity contribution is 0.443. The third-order valence-electron chi connectivity index (χ3n) is 1.74. The molecule has 0 aliphatic rings. The number of rotatable bonds is 2. The minimum absolute atomic E-state index is 0.294. The Balaban J connectivity index is 2.68. The van der Waals surface area contributed by atoms with Gasteiger partial charge in [0.15, 0.2) is 0 Å². The first-order valence-electron chi connectivity index (χ1n) is 4.57. The predicted octanol–water partition coefficient (Wildman–Crippen LogP) is 4.40. The maximum atomic E-state index is 5.87. The fourth-order valence-electron chi connectivity index (χ4n) is 0.993. The first-order valence-corrected chi connectivity index (χ1v) is 6.03. The van der Waals surface area contributed by atoms with Crippen molar-refractivity contribution >= 4 is 39.9 Å². The van der Waals surface area contributed by atoms with Gasteiger partial charge in [0.1, 0.15) is 0 Å². The van der Waals surface area contributed by atoms with Gasteiger partial charge in [-0.05, 0) is 46.2 Å². The fourth-order valence-corrected chi connectivity index (χ4v) is 2.06. The number of nitrogens with one attached hydrogen (secondary N) is 1. The van der Waals surface area contributed by atoms with Crippen molar-refractivity contribution in [1.29, 1.82) is 0 Å². The van der Waals surface area contributed by atoms with Gasteiger partial charge in [0.05, 0.1) is 0 Å². The SMILES string of the molecule is CC(C)(C)CNc1ccc(Cl)cc1I. The van der Waals surface area contributed by atoms with Crippen LogP contribution in [0.5, 0.6) is 0 Å². The Hall–Kier alpha value is 0.0400. The lowest BCUT2D eigenvalue weighted by atomic mass is 9.97. The molecule has 1 aromatic rings. The van der Waals surface area contributed by atoms with Crippen LogP contribution >= 0.6 is 34.2 Å². The molecule has 3 heteroatoms. The summed E-state index contributed by atoms with van der Waals surface area (Å²) < 4.78 is 1.17. The minimum atomic E-state index is 0.294. The average molecular weight is 324 g/mol.